The van der Waals surface area contributed by atoms with Crippen LogP contribution in [-0.2, 0) is 16.0 Å². The Kier molecular flexibility index (Phi) is 4.26. The molecule has 0 heterocycles. The van der Waals surface area contributed by atoms with Gasteiger partial charge in [0.05, 0.1) is 12.7 Å². The highest BCUT2D eigenvalue weighted by molar-refractivity contribution is 5.95. The molecule has 1 aromatic carbocycles. The Hall–Kier alpha value is -1.84. The van der Waals surface area contributed by atoms with Gasteiger partial charge in [0.2, 0.25) is 5.91 Å². The van der Waals surface area contributed by atoms with Crippen LogP contribution in [0.2, 0.25) is 0 Å². The molecule has 1 aromatic rings. The largest absolute Gasteiger partial charge is 0.465 e. The highest BCUT2D eigenvalue weighted by Gasteiger charge is 2.12. The van der Waals surface area contributed by atoms with Crippen molar-refractivity contribution in [2.75, 3.05) is 12.4 Å². The van der Waals surface area contributed by atoms with Gasteiger partial charge >= 0.3 is 5.97 Å². The van der Waals surface area contributed by atoms with Crippen molar-refractivity contribution in [3.8, 4) is 0 Å². The summed E-state index contributed by atoms with van der Waals surface area (Å²) in [6.07, 6.45) is 0.795. The summed E-state index contributed by atoms with van der Waals surface area (Å²) in [6.45, 7) is 5.36. The molecule has 0 aliphatic heterocycles. The molecule has 92 valence electrons. The summed E-state index contributed by atoms with van der Waals surface area (Å²) < 4.78 is 4.67. The molecular formula is C13H17NO3. The number of esters is 1. The third kappa shape index (κ3) is 3.06. The first-order valence-electron chi connectivity index (χ1n) is 5.49. The van der Waals surface area contributed by atoms with Crippen LogP contribution in [0.15, 0.2) is 12.1 Å². The first-order valence-corrected chi connectivity index (χ1v) is 5.49. The van der Waals surface area contributed by atoms with Gasteiger partial charge in [-0.3, -0.25) is 4.79 Å². The quantitative estimate of drug-likeness (QED) is 0.818. The third-order valence-electron chi connectivity index (χ3n) is 2.56. The molecule has 4 heteroatoms. The zero-order valence-corrected chi connectivity index (χ0v) is 10.6. The molecule has 1 N–H and O–H groups in total. The predicted molar refractivity (Wildman–Crippen MR) is 66.2 cm³/mol. The van der Waals surface area contributed by atoms with E-state index in [1.165, 1.54) is 14.0 Å². The van der Waals surface area contributed by atoms with Gasteiger partial charge in [-0.2, -0.15) is 0 Å². The molecule has 1 amide bonds. The van der Waals surface area contributed by atoms with Gasteiger partial charge < -0.3 is 10.1 Å². The minimum absolute atomic E-state index is 0.152. The molecular weight excluding hydrogens is 218 g/mol. The molecule has 0 saturated carbocycles. The molecule has 1 rings (SSSR count). The molecule has 0 aromatic heterocycles. The van der Waals surface area contributed by atoms with E-state index in [2.05, 4.69) is 10.1 Å². The molecule has 0 spiro atoms. The fourth-order valence-corrected chi connectivity index (χ4v) is 1.82. The number of methoxy groups -OCH3 is 1. The van der Waals surface area contributed by atoms with Gasteiger partial charge in [0, 0.05) is 12.6 Å². The van der Waals surface area contributed by atoms with Crippen LogP contribution < -0.4 is 5.32 Å². The van der Waals surface area contributed by atoms with Crippen LogP contribution in [-0.4, -0.2) is 19.0 Å². The molecule has 17 heavy (non-hydrogen) atoms. The fourth-order valence-electron chi connectivity index (χ4n) is 1.82. The molecule has 4 nitrogen and oxygen atoms in total. The van der Waals surface area contributed by atoms with Crippen molar-refractivity contribution in [3.63, 3.8) is 0 Å². The first kappa shape index (κ1) is 13.2. The van der Waals surface area contributed by atoms with Crippen molar-refractivity contribution >= 4 is 17.6 Å². The monoisotopic (exact) mass is 235 g/mol. The normalized spacial score (nSPS) is 9.88. The van der Waals surface area contributed by atoms with Crippen LogP contribution in [0.1, 0.15) is 35.3 Å². The number of hydrogen-bond donors (Lipinski definition) is 1. The second-order valence-corrected chi connectivity index (χ2v) is 3.85. The zero-order chi connectivity index (χ0) is 13.0. The average molecular weight is 235 g/mol. The summed E-state index contributed by atoms with van der Waals surface area (Å²) in [5.74, 6) is -0.552. The molecule has 0 unspecified atom stereocenters. The van der Waals surface area contributed by atoms with Crippen molar-refractivity contribution in [1.82, 2.24) is 0 Å². The lowest BCUT2D eigenvalue weighted by Gasteiger charge is -2.13. The summed E-state index contributed by atoms with van der Waals surface area (Å²) in [7, 11) is 1.34. The second-order valence-electron chi connectivity index (χ2n) is 3.85. The number of rotatable bonds is 3. The van der Waals surface area contributed by atoms with Gasteiger partial charge in [-0.1, -0.05) is 6.92 Å². The van der Waals surface area contributed by atoms with Crippen molar-refractivity contribution in [2.45, 2.75) is 27.2 Å². The zero-order valence-electron chi connectivity index (χ0n) is 10.6. The van der Waals surface area contributed by atoms with Gasteiger partial charge in [-0.25, -0.2) is 4.79 Å². The van der Waals surface area contributed by atoms with Crippen LogP contribution in [0.25, 0.3) is 0 Å². The highest BCUT2D eigenvalue weighted by Crippen LogP contribution is 2.23. The number of carbonyl (C=O) groups excluding carboxylic acids is 2. The van der Waals surface area contributed by atoms with Gasteiger partial charge in [-0.15, -0.1) is 0 Å². The van der Waals surface area contributed by atoms with E-state index in [-0.39, 0.29) is 5.91 Å². The van der Waals surface area contributed by atoms with Gasteiger partial charge in [0.1, 0.15) is 0 Å². The first-order chi connectivity index (χ1) is 7.99. The van der Waals surface area contributed by atoms with Crippen LogP contribution in [0.5, 0.6) is 0 Å². The minimum atomic E-state index is -0.401. The molecule has 0 bridgehead atoms. The molecule has 0 aliphatic carbocycles. The number of amides is 1. The van der Waals surface area contributed by atoms with Gasteiger partial charge in [0.15, 0.2) is 0 Å². The number of anilines is 1. The van der Waals surface area contributed by atoms with Gasteiger partial charge in [-0.05, 0) is 36.6 Å². The van der Waals surface area contributed by atoms with E-state index in [0.29, 0.717) is 11.3 Å². The molecule has 0 radical (unpaired) electrons. The maximum absolute atomic E-state index is 11.5. The van der Waals surface area contributed by atoms with E-state index in [1.807, 2.05) is 13.8 Å². The summed E-state index contributed by atoms with van der Waals surface area (Å²) in [6, 6.07) is 3.43. The topological polar surface area (TPSA) is 55.4 Å². The highest BCUT2D eigenvalue weighted by atomic mass is 16.5. The summed E-state index contributed by atoms with van der Waals surface area (Å²) >= 11 is 0. The Labute approximate surface area is 101 Å². The van der Waals surface area contributed by atoms with Crippen molar-refractivity contribution in [3.05, 3.63) is 28.8 Å². The van der Waals surface area contributed by atoms with E-state index in [0.717, 1.165) is 17.5 Å². The molecule has 0 aliphatic rings. The number of nitrogens with one attached hydrogen (secondary N) is 1. The Morgan fingerprint density at radius 3 is 2.47 bits per heavy atom. The fraction of sp³-hybridized carbons (Fsp3) is 0.385. The number of aryl methyl sites for hydroxylation is 1. The van der Waals surface area contributed by atoms with Crippen molar-refractivity contribution in [1.29, 1.82) is 0 Å². The second kappa shape index (κ2) is 5.48. The Morgan fingerprint density at radius 1 is 1.35 bits per heavy atom. The van der Waals surface area contributed by atoms with E-state index in [4.69, 9.17) is 0 Å². The molecule has 0 fully saturated rings. The lowest BCUT2D eigenvalue weighted by molar-refractivity contribution is -0.114. The maximum Gasteiger partial charge on any atom is 0.337 e. The van der Waals surface area contributed by atoms with Gasteiger partial charge in [0.25, 0.3) is 0 Å². The maximum atomic E-state index is 11.5. The Bertz CT molecular complexity index is 452. The van der Waals surface area contributed by atoms with Crippen LogP contribution in [0.3, 0.4) is 0 Å². The number of carbonyl (C=O) groups is 2. The molecule has 0 atom stereocenters. The third-order valence-corrected chi connectivity index (χ3v) is 2.56. The Morgan fingerprint density at radius 2 is 2.00 bits per heavy atom. The summed E-state index contributed by atoms with van der Waals surface area (Å²) in [5, 5.41) is 2.74. The van der Waals surface area contributed by atoms with Crippen molar-refractivity contribution < 1.29 is 14.3 Å². The summed E-state index contributed by atoms with van der Waals surface area (Å²) in [5.41, 5.74) is 3.14. The van der Waals surface area contributed by atoms with E-state index in [1.54, 1.807) is 12.1 Å². The lowest BCUT2D eigenvalue weighted by atomic mass is 10.0. The molecule has 0 saturated heterocycles. The van der Waals surface area contributed by atoms with E-state index in [9.17, 15) is 9.59 Å². The standard InChI is InChI=1S/C13H17NO3/c1-5-11-8(2)6-10(13(16)17-4)7-12(11)14-9(3)15/h6-7H,5H2,1-4H3,(H,14,15). The minimum Gasteiger partial charge on any atom is -0.465 e. The van der Waals surface area contributed by atoms with E-state index >= 15 is 0 Å². The van der Waals surface area contributed by atoms with Crippen LogP contribution in [0, 0.1) is 6.92 Å². The lowest BCUT2D eigenvalue weighted by Crippen LogP contribution is -2.11. The average Bonchev–Trinajstić information content (AvgIpc) is 2.26. The van der Waals surface area contributed by atoms with E-state index < -0.39 is 5.97 Å². The SMILES string of the molecule is CCc1c(C)cc(C(=O)OC)cc1NC(C)=O. The number of ether oxygens (including phenoxy) is 1. The van der Waals surface area contributed by atoms with Crippen LogP contribution >= 0.6 is 0 Å². The predicted octanol–water partition coefficient (Wildman–Crippen LogP) is 2.30. The summed E-state index contributed by atoms with van der Waals surface area (Å²) in [4.78, 5) is 22.6. The number of benzene rings is 1. The smallest absolute Gasteiger partial charge is 0.337 e. The van der Waals surface area contributed by atoms with Crippen molar-refractivity contribution in [2.24, 2.45) is 0 Å². The number of hydrogen-bond acceptors (Lipinski definition) is 3. The Balaban J connectivity index is 3.27. The van der Waals surface area contributed by atoms with Crippen LogP contribution in [0.4, 0.5) is 5.69 Å².